The van der Waals surface area contributed by atoms with Crippen LogP contribution in [0.1, 0.15) is 16.0 Å². The van der Waals surface area contributed by atoms with E-state index in [1.807, 2.05) is 0 Å². The topological polar surface area (TPSA) is 20.2 Å². The van der Waals surface area contributed by atoms with Crippen molar-refractivity contribution in [1.82, 2.24) is 0 Å². The van der Waals surface area contributed by atoms with Gasteiger partial charge < -0.3 is 5.11 Å². The molecule has 0 spiro atoms. The molecule has 7 heavy (non-hydrogen) atoms. The molecule has 0 fully saturated rings. The molecule has 0 heterocycles. The van der Waals surface area contributed by atoms with E-state index in [-0.39, 0.29) is 0 Å². The molecule has 0 saturated heterocycles. The highest BCUT2D eigenvalue weighted by molar-refractivity contribution is 9.09. The van der Waals surface area contributed by atoms with Gasteiger partial charge in [0.15, 0.2) is 0 Å². The molecular weight excluding hydrogens is 224 g/mol. The number of halogens is 2. The summed E-state index contributed by atoms with van der Waals surface area (Å²) in [5, 5.41) is 3.82. The standard InChI is InChI=1S/C4H8Br2O/c5-2-1-4(7)3-6/h4,7H,1-3H2/i1D2,2D2,3D2,4D. The second-order valence-electron chi connectivity index (χ2n) is 0.663. The molecule has 0 amide bonds. The SMILES string of the molecule is [2H]C([2H])(Br)C([2H])([2H])C([2H])(O)C([2H])([2H])Br. The van der Waals surface area contributed by atoms with Crippen molar-refractivity contribution in [1.29, 1.82) is 0 Å². The summed E-state index contributed by atoms with van der Waals surface area (Å²) in [5.41, 5.74) is 0. The van der Waals surface area contributed by atoms with Crippen molar-refractivity contribution in [2.75, 3.05) is 10.6 Å². The quantitative estimate of drug-likeness (QED) is 0.740. The lowest BCUT2D eigenvalue weighted by Crippen LogP contribution is -2.07. The minimum atomic E-state index is -3.27. The van der Waals surface area contributed by atoms with Crippen LogP contribution in [0.4, 0.5) is 0 Å². The fraction of sp³-hybridized carbons (Fsp3) is 1.00. The predicted octanol–water partition coefficient (Wildman–Crippen LogP) is 1.53. The lowest BCUT2D eigenvalue weighted by atomic mass is 10.3. The van der Waals surface area contributed by atoms with Crippen molar-refractivity contribution in [2.24, 2.45) is 0 Å². The van der Waals surface area contributed by atoms with Crippen LogP contribution in [0.3, 0.4) is 0 Å². The zero-order chi connectivity index (χ0) is 12.0. The van der Waals surface area contributed by atoms with Crippen LogP contribution < -0.4 is 0 Å². The van der Waals surface area contributed by atoms with E-state index in [0.717, 1.165) is 0 Å². The first-order valence-corrected chi connectivity index (χ1v) is 2.94. The summed E-state index contributed by atoms with van der Waals surface area (Å²) in [6, 6.07) is 0. The Morgan fingerprint density at radius 1 is 1.86 bits per heavy atom. The van der Waals surface area contributed by atoms with E-state index in [9.17, 15) is 5.11 Å². The molecule has 0 radical (unpaired) electrons. The maximum atomic E-state index is 9.31. The molecule has 0 saturated carbocycles. The van der Waals surface area contributed by atoms with Crippen LogP contribution in [0.2, 0.25) is 0 Å². The number of hydrogen-bond acceptors (Lipinski definition) is 1. The molecule has 0 aromatic carbocycles. The molecule has 1 unspecified atom stereocenters. The Balaban J connectivity index is 5.30. The van der Waals surface area contributed by atoms with Gasteiger partial charge in [-0.05, 0) is 6.37 Å². The molecule has 44 valence electrons. The van der Waals surface area contributed by atoms with Crippen molar-refractivity contribution in [3.8, 4) is 0 Å². The van der Waals surface area contributed by atoms with Crippen LogP contribution in [-0.2, 0) is 0 Å². The van der Waals surface area contributed by atoms with Gasteiger partial charge in [-0.15, -0.1) is 0 Å². The second-order valence-corrected chi connectivity index (χ2v) is 1.46. The van der Waals surface area contributed by atoms with Gasteiger partial charge in [0, 0.05) is 18.8 Å². The first kappa shape index (κ1) is 1.96. The fourth-order valence-electron chi connectivity index (χ4n) is 0.0684. The highest BCUT2D eigenvalue weighted by Crippen LogP contribution is 1.97. The first-order valence-electron chi connectivity index (χ1n) is 4.85. The molecule has 0 rings (SSSR count). The van der Waals surface area contributed by atoms with Gasteiger partial charge in [-0.3, -0.25) is 0 Å². The minimum Gasteiger partial charge on any atom is -0.392 e. The summed E-state index contributed by atoms with van der Waals surface area (Å²) < 4.78 is 49.5. The average molecular weight is 239 g/mol. The fourth-order valence-corrected chi connectivity index (χ4v) is 0.355. The maximum absolute atomic E-state index is 9.31. The molecule has 1 atom stereocenters. The van der Waals surface area contributed by atoms with Crippen molar-refractivity contribution >= 4 is 31.9 Å². The van der Waals surface area contributed by atoms with E-state index in [1.54, 1.807) is 0 Å². The monoisotopic (exact) mass is 237 g/mol. The van der Waals surface area contributed by atoms with Crippen LogP contribution in [-0.4, -0.2) is 21.8 Å². The van der Waals surface area contributed by atoms with Gasteiger partial charge in [0.1, 0.15) is 0 Å². The molecule has 0 aromatic rings. The Morgan fingerprint density at radius 3 is 2.57 bits per heavy atom. The summed E-state index contributed by atoms with van der Waals surface area (Å²) in [5.74, 6) is 0. The van der Waals surface area contributed by atoms with Crippen molar-refractivity contribution < 1.29 is 14.7 Å². The lowest BCUT2D eigenvalue weighted by molar-refractivity contribution is 0.198. The van der Waals surface area contributed by atoms with Gasteiger partial charge in [0.25, 0.3) is 0 Å². The Kier molecular flexibility index (Phi) is 1.42. The van der Waals surface area contributed by atoms with Gasteiger partial charge >= 0.3 is 0 Å². The minimum absolute atomic E-state index is 2.30. The van der Waals surface area contributed by atoms with Crippen LogP contribution in [0.15, 0.2) is 0 Å². The van der Waals surface area contributed by atoms with Crippen molar-refractivity contribution in [2.45, 2.75) is 12.5 Å². The smallest absolute Gasteiger partial charge is 0.0644 e. The second kappa shape index (κ2) is 5.06. The summed E-state index contributed by atoms with van der Waals surface area (Å²) in [6.07, 6.45) is -6.40. The van der Waals surface area contributed by atoms with Gasteiger partial charge in [0.2, 0.25) is 0 Å². The maximum Gasteiger partial charge on any atom is 0.0644 e. The Labute approximate surface area is 70.2 Å². The summed E-state index contributed by atoms with van der Waals surface area (Å²) in [6.45, 7) is 0. The van der Waals surface area contributed by atoms with E-state index >= 15 is 0 Å². The molecule has 1 N–H and O–H groups in total. The van der Waals surface area contributed by atoms with Crippen LogP contribution in [0, 0.1) is 0 Å². The van der Waals surface area contributed by atoms with E-state index in [2.05, 4.69) is 31.9 Å². The third-order valence-corrected chi connectivity index (χ3v) is 0.829. The molecule has 0 aliphatic carbocycles. The molecule has 0 aromatic heterocycles. The first-order chi connectivity index (χ1) is 5.75. The molecular formula is C4H8Br2O. The van der Waals surface area contributed by atoms with Gasteiger partial charge in [-0.25, -0.2) is 0 Å². The zero-order valence-electron chi connectivity index (χ0n) is 10.2. The number of alkyl halides is 2. The van der Waals surface area contributed by atoms with E-state index in [0.29, 0.717) is 0 Å². The van der Waals surface area contributed by atoms with E-state index < -0.39 is 23.0 Å². The number of rotatable bonds is 3. The Bertz CT molecular complexity index is 193. The molecule has 3 heteroatoms. The Morgan fingerprint density at radius 2 is 2.43 bits per heavy atom. The van der Waals surface area contributed by atoms with Crippen LogP contribution in [0.5, 0.6) is 0 Å². The van der Waals surface area contributed by atoms with E-state index in [4.69, 9.17) is 9.60 Å². The number of aliphatic hydroxyl groups is 1. The van der Waals surface area contributed by atoms with Gasteiger partial charge in [-0.2, -0.15) is 0 Å². The predicted molar refractivity (Wildman–Crippen MR) is 38.2 cm³/mol. The summed E-state index contributed by atoms with van der Waals surface area (Å²) in [7, 11) is 0. The largest absolute Gasteiger partial charge is 0.392 e. The van der Waals surface area contributed by atoms with E-state index in [1.165, 1.54) is 0 Å². The number of hydrogen-bond donors (Lipinski definition) is 1. The lowest BCUT2D eigenvalue weighted by Gasteiger charge is -1.99. The zero-order valence-corrected chi connectivity index (χ0v) is 6.38. The third-order valence-electron chi connectivity index (χ3n) is 0.255. The highest BCUT2D eigenvalue weighted by atomic mass is 79.9. The molecule has 0 bridgehead atoms. The molecule has 0 aliphatic heterocycles. The average Bonchev–Trinajstić information content (AvgIpc) is 1.81. The highest BCUT2D eigenvalue weighted by Gasteiger charge is 1.96. The summed E-state index contributed by atoms with van der Waals surface area (Å²) >= 11 is 4.62. The van der Waals surface area contributed by atoms with Gasteiger partial charge in [-0.1, -0.05) is 31.9 Å². The third kappa shape index (κ3) is 4.78. The molecule has 0 aliphatic rings. The van der Waals surface area contributed by atoms with Crippen molar-refractivity contribution in [3.63, 3.8) is 0 Å². The Hall–Kier alpha value is 0.920. The normalized spacial score (nSPS) is 39.6. The van der Waals surface area contributed by atoms with Crippen LogP contribution >= 0.6 is 31.9 Å². The van der Waals surface area contributed by atoms with Crippen molar-refractivity contribution in [3.05, 3.63) is 0 Å². The summed E-state index contributed by atoms with van der Waals surface area (Å²) in [4.78, 5) is 0. The van der Waals surface area contributed by atoms with Crippen LogP contribution in [0.25, 0.3) is 0 Å². The molecule has 1 nitrogen and oxygen atoms in total. The van der Waals surface area contributed by atoms with Gasteiger partial charge in [0.05, 0.1) is 7.45 Å².